The Bertz CT molecular complexity index is 1620. The number of nitrogens with one attached hydrogen (secondary N) is 5. The normalized spacial score (nSPS) is 47.3. The molecule has 3 aliphatic carbocycles. The molecule has 0 bridgehead atoms. The molecule has 5 N–H and O–H groups in total. The van der Waals surface area contributed by atoms with Crippen LogP contribution in [-0.2, 0) is 14.3 Å². The molecule has 0 radical (unpaired) electrons. The quantitative estimate of drug-likeness (QED) is 0.226. The van der Waals surface area contributed by atoms with E-state index in [2.05, 4.69) is 87.2 Å². The lowest BCUT2D eigenvalue weighted by molar-refractivity contribution is -0.173. The van der Waals surface area contributed by atoms with Crippen LogP contribution >= 0.6 is 11.8 Å². The number of hydrazine groups is 2. The summed E-state index contributed by atoms with van der Waals surface area (Å²) in [5, 5.41) is 13.6. The Morgan fingerprint density at radius 3 is 2.33 bits per heavy atom. The molecule has 5 saturated heterocycles. The zero-order valence-electron chi connectivity index (χ0n) is 37.3. The van der Waals surface area contributed by atoms with Crippen LogP contribution in [0.15, 0.2) is 4.99 Å². The molecule has 3 saturated carbocycles. The van der Waals surface area contributed by atoms with Crippen LogP contribution < -0.4 is 27.0 Å². The number of nitrogens with zero attached hydrogens (tertiary/aromatic N) is 5. The number of halogens is 2. The Kier molecular flexibility index (Phi) is 13.5. The third kappa shape index (κ3) is 8.81. The molecule has 9 rings (SSSR count). The van der Waals surface area contributed by atoms with Gasteiger partial charge in [-0.05, 0) is 122 Å². The van der Waals surface area contributed by atoms with Crippen molar-refractivity contribution in [2.45, 2.75) is 202 Å². The summed E-state index contributed by atoms with van der Waals surface area (Å²) in [5.74, 6) is -1.39. The number of likely N-dealkylation sites (tertiary alicyclic amines) is 2. The van der Waals surface area contributed by atoms with Gasteiger partial charge in [-0.15, -0.1) is 11.8 Å². The van der Waals surface area contributed by atoms with E-state index in [0.29, 0.717) is 60.7 Å². The third-order valence-corrected chi connectivity index (χ3v) is 18.9. The molecule has 12 unspecified atom stereocenters. The highest BCUT2D eigenvalue weighted by molar-refractivity contribution is 8.00. The summed E-state index contributed by atoms with van der Waals surface area (Å²) in [7, 11) is 1.68. The van der Waals surface area contributed by atoms with Gasteiger partial charge in [0.1, 0.15) is 6.04 Å². The van der Waals surface area contributed by atoms with Crippen molar-refractivity contribution in [3.8, 4) is 6.07 Å². The van der Waals surface area contributed by atoms with Crippen molar-refractivity contribution in [3.63, 3.8) is 0 Å². The number of carbonyl (C=O) groups excluding carboxylic acids is 1. The van der Waals surface area contributed by atoms with Crippen LogP contribution in [0.1, 0.15) is 124 Å². The van der Waals surface area contributed by atoms with Gasteiger partial charge in [-0.1, -0.05) is 13.8 Å². The van der Waals surface area contributed by atoms with Gasteiger partial charge >= 0.3 is 0 Å². The lowest BCUT2D eigenvalue weighted by atomic mass is 9.72. The zero-order chi connectivity index (χ0) is 42.6. The highest BCUT2D eigenvalue weighted by Crippen LogP contribution is 2.53. The van der Waals surface area contributed by atoms with Gasteiger partial charge in [-0.3, -0.25) is 24.5 Å². The molecule has 1 spiro atoms. The molecule has 8 fully saturated rings. The summed E-state index contributed by atoms with van der Waals surface area (Å²) in [6, 6.07) is 2.52. The van der Waals surface area contributed by atoms with E-state index in [9.17, 15) is 10.1 Å². The molecule has 342 valence electrons. The van der Waals surface area contributed by atoms with E-state index in [1.54, 1.807) is 7.11 Å². The highest BCUT2D eigenvalue weighted by atomic mass is 32.2. The van der Waals surface area contributed by atoms with Gasteiger partial charge in [-0.2, -0.15) is 5.26 Å². The number of hydrogen-bond acceptors (Lipinski definition) is 13. The van der Waals surface area contributed by atoms with Crippen molar-refractivity contribution in [1.82, 2.24) is 41.7 Å². The van der Waals surface area contributed by atoms with E-state index in [-0.39, 0.29) is 79.3 Å². The van der Waals surface area contributed by atoms with Crippen LogP contribution in [0.4, 0.5) is 8.78 Å². The molecule has 0 aromatic heterocycles. The molecule has 9 aliphatic rings. The van der Waals surface area contributed by atoms with Crippen LogP contribution in [0.3, 0.4) is 0 Å². The van der Waals surface area contributed by atoms with E-state index in [1.165, 1.54) is 5.71 Å². The van der Waals surface area contributed by atoms with Crippen LogP contribution in [0.25, 0.3) is 0 Å². The average molecular weight is 873 g/mol. The van der Waals surface area contributed by atoms with Crippen molar-refractivity contribution in [2.24, 2.45) is 34.1 Å². The summed E-state index contributed by atoms with van der Waals surface area (Å²) >= 11 is 2.11. The molecule has 13 nitrogen and oxygen atoms in total. The Morgan fingerprint density at radius 2 is 1.62 bits per heavy atom. The van der Waals surface area contributed by atoms with Crippen molar-refractivity contribution >= 4 is 23.4 Å². The van der Waals surface area contributed by atoms with Gasteiger partial charge in [0.15, 0.2) is 0 Å². The van der Waals surface area contributed by atoms with E-state index < -0.39 is 11.3 Å². The molecule has 6 aliphatic heterocycles. The van der Waals surface area contributed by atoms with Gasteiger partial charge in [-0.25, -0.2) is 30.5 Å². The molecule has 61 heavy (non-hydrogen) atoms. The number of hydrogen-bond donors (Lipinski definition) is 5. The molecular weight excluding hydrogens is 799 g/mol. The minimum Gasteiger partial charge on any atom is -0.380 e. The van der Waals surface area contributed by atoms with Crippen molar-refractivity contribution in [3.05, 3.63) is 0 Å². The zero-order valence-corrected chi connectivity index (χ0v) is 38.1. The first-order valence-corrected chi connectivity index (χ1v) is 25.1. The van der Waals surface area contributed by atoms with E-state index in [4.69, 9.17) is 14.5 Å². The number of rotatable bonds is 8. The topological polar surface area (TPSA) is 142 Å². The lowest BCUT2D eigenvalue weighted by Gasteiger charge is -2.49. The minimum atomic E-state index is -2.75. The third-order valence-electron chi connectivity index (χ3n) is 17.2. The fourth-order valence-electron chi connectivity index (χ4n) is 13.2. The summed E-state index contributed by atoms with van der Waals surface area (Å²) in [5.41, 5.74) is 14.0. The standard InChI is InChI=1S/C45H74F2N10O3S/c1-26-28(3)61-43-39(26)40(49-27(2)41-54-51-29(4)57(41)43)30-6-11-33(12-7-30)55-20-18-44(45(46,47)25-55)19-21-56(24-44)38-17-16-36(52-53-38)42(58)50-32-9-14-34(15-10-32)60-35-13-8-31(23-48)37(22-35)59-5/h26-39,41,43,51-54H,6-22,24-25H2,1-5H3,(H,50,58)/t26?,27-,28?,29?,30?,31?,32?,33?,34?,35?,36?,37?,38?,39?,41?,43?,44?/m0/s1. The number of aliphatic imine (C=N–C) groups is 1. The van der Waals surface area contributed by atoms with E-state index in [0.717, 1.165) is 83.6 Å². The number of alkyl halides is 2. The molecule has 13 atom stereocenters. The Balaban J connectivity index is 0.713. The maximum absolute atomic E-state index is 16.5. The van der Waals surface area contributed by atoms with Crippen molar-refractivity contribution in [2.75, 3.05) is 33.3 Å². The molecule has 0 aromatic carbocycles. The van der Waals surface area contributed by atoms with Crippen LogP contribution in [-0.4, -0.2) is 137 Å². The van der Waals surface area contributed by atoms with E-state index >= 15 is 8.78 Å². The monoisotopic (exact) mass is 873 g/mol. The Hall–Kier alpha value is -1.52. The predicted molar refractivity (Wildman–Crippen MR) is 233 cm³/mol. The first-order valence-electron chi connectivity index (χ1n) is 24.1. The predicted octanol–water partition coefficient (Wildman–Crippen LogP) is 4.95. The fourth-order valence-corrected chi connectivity index (χ4v) is 15.1. The lowest BCUT2D eigenvalue weighted by Crippen LogP contribution is -2.63. The summed E-state index contributed by atoms with van der Waals surface area (Å²) in [6.07, 6.45) is 13.1. The largest absolute Gasteiger partial charge is 0.380 e. The SMILES string of the molecule is COC1CC(OC2CCC(NC(=O)C3CCC(N4CCC5(CCN(C6CCC(C7=N[C@@H](C)C8NNC(C)N8C8SC(C)C(C)C78)CC6)CC5(F)F)C4)NN3)CC2)CCC1C#N. The first kappa shape index (κ1) is 44.7. The van der Waals surface area contributed by atoms with Crippen LogP contribution in [0.5, 0.6) is 0 Å². The Morgan fingerprint density at radius 1 is 0.885 bits per heavy atom. The number of methoxy groups -OCH3 is 1. The highest BCUT2D eigenvalue weighted by Gasteiger charge is 2.61. The Labute approximate surface area is 367 Å². The second kappa shape index (κ2) is 18.4. The number of nitriles is 1. The van der Waals surface area contributed by atoms with Gasteiger partial charge in [0, 0.05) is 55.6 Å². The fraction of sp³-hybridized carbons (Fsp3) is 0.933. The van der Waals surface area contributed by atoms with E-state index in [1.807, 2.05) is 0 Å². The van der Waals surface area contributed by atoms with Gasteiger partial charge in [0.25, 0.3) is 5.92 Å². The second-order valence-electron chi connectivity index (χ2n) is 20.7. The number of amides is 1. The second-order valence-corrected chi connectivity index (χ2v) is 22.2. The summed E-state index contributed by atoms with van der Waals surface area (Å²) in [4.78, 5) is 25.8. The van der Waals surface area contributed by atoms with Crippen molar-refractivity contribution in [1.29, 1.82) is 5.26 Å². The molecule has 6 heterocycles. The van der Waals surface area contributed by atoms with Gasteiger partial charge < -0.3 is 14.8 Å². The maximum Gasteiger partial charge on any atom is 0.267 e. The number of thioether (sulfide) groups is 1. The van der Waals surface area contributed by atoms with Crippen LogP contribution in [0, 0.1) is 40.4 Å². The number of fused-ring (bicyclic) bond motifs is 3. The smallest absolute Gasteiger partial charge is 0.267 e. The molecular formula is C45H74F2N10O3S. The number of ether oxygens (including phenoxy) is 2. The number of piperidine rings is 1. The average Bonchev–Trinajstić information content (AvgIpc) is 3.94. The minimum absolute atomic E-state index is 0.00591. The molecule has 1 amide bonds. The summed E-state index contributed by atoms with van der Waals surface area (Å²) in [6.45, 7) is 10.9. The molecule has 0 aromatic rings. The number of carbonyl (C=O) groups is 1. The van der Waals surface area contributed by atoms with Crippen molar-refractivity contribution < 1.29 is 23.0 Å². The van der Waals surface area contributed by atoms with Gasteiger partial charge in [0.2, 0.25) is 5.91 Å². The first-order chi connectivity index (χ1) is 29.4. The summed E-state index contributed by atoms with van der Waals surface area (Å²) < 4.78 is 45.0. The van der Waals surface area contributed by atoms with Crippen LogP contribution in [0.2, 0.25) is 0 Å². The van der Waals surface area contributed by atoms with Gasteiger partial charge in [0.05, 0.1) is 72.2 Å². The maximum atomic E-state index is 16.5. The molecule has 16 heteroatoms.